The molecule has 3 aromatic rings. The van der Waals surface area contributed by atoms with E-state index in [0.717, 1.165) is 22.0 Å². The Bertz CT molecular complexity index is 707. The van der Waals surface area contributed by atoms with Crippen LogP contribution in [0.15, 0.2) is 48.9 Å². The predicted octanol–water partition coefficient (Wildman–Crippen LogP) is 3.12. The number of rotatable bonds is 4. The number of hydrogen-bond donors (Lipinski definition) is 3. The molecule has 0 bridgehead atoms. The van der Waals surface area contributed by atoms with Crippen molar-refractivity contribution in [1.82, 2.24) is 15.3 Å². The highest BCUT2D eigenvalue weighted by Crippen LogP contribution is 2.32. The van der Waals surface area contributed by atoms with E-state index in [9.17, 15) is 5.11 Å². The molecule has 0 saturated carbocycles. The standard InChI is InChI=1S/C16H17N3O/c1-11(18-9-13-8-17-10-19-13)14-7-6-12-4-2-3-5-15(12)16(14)20/h2-8,10-11,18,20H,9H2,1H3,(H,17,19). The zero-order valence-electron chi connectivity index (χ0n) is 11.3. The second-order valence-corrected chi connectivity index (χ2v) is 4.90. The third kappa shape index (κ3) is 2.38. The number of imidazole rings is 1. The highest BCUT2D eigenvalue weighted by Gasteiger charge is 2.12. The number of nitrogens with zero attached hydrogens (tertiary/aromatic N) is 1. The molecule has 0 aliphatic carbocycles. The van der Waals surface area contributed by atoms with Crippen LogP contribution in [0.5, 0.6) is 5.75 Å². The molecule has 4 heteroatoms. The molecular formula is C16H17N3O. The van der Waals surface area contributed by atoms with Crippen molar-refractivity contribution < 1.29 is 5.11 Å². The summed E-state index contributed by atoms with van der Waals surface area (Å²) < 4.78 is 0. The Labute approximate surface area is 117 Å². The lowest BCUT2D eigenvalue weighted by molar-refractivity contribution is 0.458. The molecule has 0 spiro atoms. The Morgan fingerprint density at radius 2 is 2.10 bits per heavy atom. The van der Waals surface area contributed by atoms with Crippen molar-refractivity contribution in [3.05, 3.63) is 60.2 Å². The minimum atomic E-state index is 0.0582. The summed E-state index contributed by atoms with van der Waals surface area (Å²) in [6.45, 7) is 2.73. The largest absolute Gasteiger partial charge is 0.507 e. The van der Waals surface area contributed by atoms with Gasteiger partial charge in [0.2, 0.25) is 0 Å². The molecule has 0 saturated heterocycles. The van der Waals surface area contributed by atoms with Gasteiger partial charge in [-0.2, -0.15) is 0 Å². The summed E-state index contributed by atoms with van der Waals surface area (Å²) >= 11 is 0. The number of aromatic amines is 1. The van der Waals surface area contributed by atoms with Gasteiger partial charge in [-0.15, -0.1) is 0 Å². The molecule has 1 heterocycles. The lowest BCUT2D eigenvalue weighted by atomic mass is 10.0. The SMILES string of the molecule is CC(NCc1cnc[nH]1)c1ccc2ccccc2c1O. The smallest absolute Gasteiger partial charge is 0.128 e. The van der Waals surface area contributed by atoms with Crippen LogP contribution >= 0.6 is 0 Å². The maximum Gasteiger partial charge on any atom is 0.128 e. The first kappa shape index (κ1) is 12.7. The second kappa shape index (κ2) is 5.35. The Morgan fingerprint density at radius 1 is 1.25 bits per heavy atom. The average molecular weight is 267 g/mol. The van der Waals surface area contributed by atoms with Gasteiger partial charge in [0.05, 0.1) is 6.33 Å². The van der Waals surface area contributed by atoms with Crippen LogP contribution in [0.2, 0.25) is 0 Å². The van der Waals surface area contributed by atoms with E-state index in [1.807, 2.05) is 43.3 Å². The van der Waals surface area contributed by atoms with Crippen LogP contribution in [0, 0.1) is 0 Å². The van der Waals surface area contributed by atoms with E-state index in [1.54, 1.807) is 12.5 Å². The van der Waals surface area contributed by atoms with Crippen molar-refractivity contribution in [3.63, 3.8) is 0 Å². The van der Waals surface area contributed by atoms with Gasteiger partial charge in [0.25, 0.3) is 0 Å². The highest BCUT2D eigenvalue weighted by atomic mass is 16.3. The average Bonchev–Trinajstić information content (AvgIpc) is 2.99. The zero-order valence-corrected chi connectivity index (χ0v) is 11.3. The monoisotopic (exact) mass is 267 g/mol. The fourth-order valence-corrected chi connectivity index (χ4v) is 2.38. The topological polar surface area (TPSA) is 60.9 Å². The minimum absolute atomic E-state index is 0.0582. The zero-order chi connectivity index (χ0) is 13.9. The van der Waals surface area contributed by atoms with Crippen LogP contribution < -0.4 is 5.32 Å². The molecule has 2 aromatic carbocycles. The normalized spacial score (nSPS) is 12.7. The van der Waals surface area contributed by atoms with E-state index in [-0.39, 0.29) is 6.04 Å². The van der Waals surface area contributed by atoms with E-state index in [2.05, 4.69) is 15.3 Å². The number of hydrogen-bond acceptors (Lipinski definition) is 3. The highest BCUT2D eigenvalue weighted by molar-refractivity contribution is 5.89. The summed E-state index contributed by atoms with van der Waals surface area (Å²) in [7, 11) is 0. The van der Waals surface area contributed by atoms with E-state index in [1.165, 1.54) is 0 Å². The number of nitrogens with one attached hydrogen (secondary N) is 2. The van der Waals surface area contributed by atoms with Crippen LogP contribution in [0.4, 0.5) is 0 Å². The quantitative estimate of drug-likeness (QED) is 0.680. The minimum Gasteiger partial charge on any atom is -0.507 e. The number of benzene rings is 2. The lowest BCUT2D eigenvalue weighted by Crippen LogP contribution is -2.18. The van der Waals surface area contributed by atoms with Gasteiger partial charge in [0.1, 0.15) is 5.75 Å². The molecule has 0 amide bonds. The summed E-state index contributed by atoms with van der Waals surface area (Å²) in [5, 5.41) is 15.7. The van der Waals surface area contributed by atoms with Crippen LogP contribution in [0.1, 0.15) is 24.2 Å². The maximum atomic E-state index is 10.4. The Hall–Kier alpha value is -2.33. The molecule has 0 aliphatic heterocycles. The summed E-state index contributed by atoms with van der Waals surface area (Å²) in [5.74, 6) is 0.354. The van der Waals surface area contributed by atoms with Gasteiger partial charge in [-0.1, -0.05) is 36.4 Å². The fraction of sp³-hybridized carbons (Fsp3) is 0.188. The molecular weight excluding hydrogens is 250 g/mol. The van der Waals surface area contributed by atoms with Crippen molar-refractivity contribution in [2.24, 2.45) is 0 Å². The molecule has 20 heavy (non-hydrogen) atoms. The molecule has 0 aliphatic rings. The van der Waals surface area contributed by atoms with Gasteiger partial charge in [-0.25, -0.2) is 4.98 Å². The van der Waals surface area contributed by atoms with Crippen molar-refractivity contribution in [2.45, 2.75) is 19.5 Å². The Kier molecular flexibility index (Phi) is 3.39. The first-order valence-electron chi connectivity index (χ1n) is 6.67. The molecule has 0 fully saturated rings. The molecule has 102 valence electrons. The van der Waals surface area contributed by atoms with E-state index < -0.39 is 0 Å². The number of aromatic hydroxyl groups is 1. The Balaban J connectivity index is 1.84. The van der Waals surface area contributed by atoms with Crippen molar-refractivity contribution >= 4 is 10.8 Å². The van der Waals surface area contributed by atoms with E-state index in [0.29, 0.717) is 12.3 Å². The summed E-state index contributed by atoms with van der Waals surface area (Å²) in [5.41, 5.74) is 1.93. The molecule has 0 radical (unpaired) electrons. The van der Waals surface area contributed by atoms with Crippen molar-refractivity contribution in [1.29, 1.82) is 0 Å². The fourth-order valence-electron chi connectivity index (χ4n) is 2.38. The van der Waals surface area contributed by atoms with Crippen LogP contribution in [-0.2, 0) is 6.54 Å². The predicted molar refractivity (Wildman–Crippen MR) is 79.5 cm³/mol. The number of aromatic nitrogens is 2. The lowest BCUT2D eigenvalue weighted by Gasteiger charge is -2.16. The summed E-state index contributed by atoms with van der Waals surface area (Å²) in [6, 6.07) is 11.9. The number of fused-ring (bicyclic) bond motifs is 1. The first-order chi connectivity index (χ1) is 9.75. The van der Waals surface area contributed by atoms with Gasteiger partial charge >= 0.3 is 0 Å². The van der Waals surface area contributed by atoms with Gasteiger partial charge < -0.3 is 15.4 Å². The van der Waals surface area contributed by atoms with Gasteiger partial charge in [-0.05, 0) is 12.3 Å². The molecule has 3 rings (SSSR count). The molecule has 4 nitrogen and oxygen atoms in total. The number of H-pyrrole nitrogens is 1. The van der Waals surface area contributed by atoms with Crippen molar-refractivity contribution in [3.8, 4) is 5.75 Å². The molecule has 1 unspecified atom stereocenters. The second-order valence-electron chi connectivity index (χ2n) is 4.90. The first-order valence-corrected chi connectivity index (χ1v) is 6.67. The van der Waals surface area contributed by atoms with Crippen molar-refractivity contribution in [2.75, 3.05) is 0 Å². The van der Waals surface area contributed by atoms with E-state index in [4.69, 9.17) is 0 Å². The van der Waals surface area contributed by atoms with Crippen LogP contribution in [0.3, 0.4) is 0 Å². The third-order valence-electron chi connectivity index (χ3n) is 3.55. The van der Waals surface area contributed by atoms with Crippen LogP contribution in [0.25, 0.3) is 10.8 Å². The summed E-state index contributed by atoms with van der Waals surface area (Å²) in [4.78, 5) is 7.04. The van der Waals surface area contributed by atoms with Gasteiger partial charge in [0, 0.05) is 35.4 Å². The van der Waals surface area contributed by atoms with Crippen LogP contribution in [-0.4, -0.2) is 15.1 Å². The Morgan fingerprint density at radius 3 is 2.90 bits per heavy atom. The van der Waals surface area contributed by atoms with Gasteiger partial charge in [-0.3, -0.25) is 0 Å². The number of phenols is 1. The third-order valence-corrected chi connectivity index (χ3v) is 3.55. The molecule has 3 N–H and O–H groups in total. The summed E-state index contributed by atoms with van der Waals surface area (Å²) in [6.07, 6.45) is 3.45. The van der Waals surface area contributed by atoms with E-state index >= 15 is 0 Å². The van der Waals surface area contributed by atoms with Gasteiger partial charge in [0.15, 0.2) is 0 Å². The molecule has 1 atom stereocenters. The maximum absolute atomic E-state index is 10.4. The molecule has 1 aromatic heterocycles. The number of phenolic OH excluding ortho intramolecular Hbond substituents is 1.